The second-order valence-electron chi connectivity index (χ2n) is 9.29. The highest BCUT2D eigenvalue weighted by Gasteiger charge is 2.54. The lowest BCUT2D eigenvalue weighted by molar-refractivity contribution is -0.135. The predicted octanol–water partition coefficient (Wildman–Crippen LogP) is 1.66. The maximum Gasteiger partial charge on any atom is 0.328 e. The summed E-state index contributed by atoms with van der Waals surface area (Å²) in [6.45, 7) is 10.2. The van der Waals surface area contributed by atoms with E-state index < -0.39 is 12.2 Å². The van der Waals surface area contributed by atoms with Crippen LogP contribution in [0.5, 0.6) is 0 Å². The Bertz CT molecular complexity index is 999. The van der Waals surface area contributed by atoms with Crippen LogP contribution in [-0.2, 0) is 4.79 Å². The smallest absolute Gasteiger partial charge is 0.328 e. The second-order valence-corrected chi connectivity index (χ2v) is 9.29. The van der Waals surface area contributed by atoms with Crippen LogP contribution in [0.15, 0.2) is 46.7 Å². The Balaban J connectivity index is 1.20. The number of para-hydroxylation sites is 1. The van der Waals surface area contributed by atoms with Gasteiger partial charge in [0.15, 0.2) is 12.2 Å². The van der Waals surface area contributed by atoms with Crippen molar-refractivity contribution < 1.29 is 9.59 Å². The average Bonchev–Trinajstić information content (AvgIpc) is 3.34. The van der Waals surface area contributed by atoms with Crippen molar-refractivity contribution in [3.05, 3.63) is 41.7 Å². The predicted molar refractivity (Wildman–Crippen MR) is 128 cm³/mol. The van der Waals surface area contributed by atoms with Crippen LogP contribution in [0.2, 0.25) is 0 Å². The third-order valence-corrected chi connectivity index (χ3v) is 7.47. The molecular weight excluding hydrogens is 418 g/mol. The van der Waals surface area contributed by atoms with E-state index in [0.29, 0.717) is 0 Å². The molecule has 0 saturated carbocycles. The van der Waals surface area contributed by atoms with Gasteiger partial charge in [0.05, 0.1) is 0 Å². The number of carbonyl (C=O) groups excluding carboxylic acids is 2. The summed E-state index contributed by atoms with van der Waals surface area (Å²) in [4.78, 5) is 42.2. The Morgan fingerprint density at radius 2 is 1.64 bits per heavy atom. The van der Waals surface area contributed by atoms with Crippen molar-refractivity contribution in [2.24, 2.45) is 4.99 Å². The highest BCUT2D eigenvalue weighted by molar-refractivity contribution is 6.04. The number of anilines is 1. The lowest BCUT2D eigenvalue weighted by Crippen LogP contribution is -2.63. The zero-order valence-electron chi connectivity index (χ0n) is 19.9. The van der Waals surface area contributed by atoms with E-state index in [1.54, 1.807) is 19.0 Å². The molecule has 176 valence electrons. The van der Waals surface area contributed by atoms with Crippen molar-refractivity contribution in [1.29, 1.82) is 0 Å². The van der Waals surface area contributed by atoms with Crippen LogP contribution in [0.25, 0.3) is 0 Å². The zero-order valence-corrected chi connectivity index (χ0v) is 19.9. The number of rotatable bonds is 5. The number of amides is 3. The first-order valence-corrected chi connectivity index (χ1v) is 11.8. The highest BCUT2D eigenvalue weighted by Crippen LogP contribution is 2.37. The third-order valence-electron chi connectivity index (χ3n) is 7.47. The van der Waals surface area contributed by atoms with Crippen molar-refractivity contribution in [2.75, 3.05) is 58.3 Å². The summed E-state index contributed by atoms with van der Waals surface area (Å²) in [7, 11) is 3.27. The molecule has 0 spiro atoms. The van der Waals surface area contributed by atoms with Gasteiger partial charge < -0.3 is 14.7 Å². The van der Waals surface area contributed by atoms with Gasteiger partial charge in [0, 0.05) is 63.9 Å². The molecule has 2 atom stereocenters. The van der Waals surface area contributed by atoms with Crippen LogP contribution in [-0.4, -0.2) is 108 Å². The number of carbonyl (C=O) groups is 2. The first-order chi connectivity index (χ1) is 15.9. The van der Waals surface area contributed by atoms with Gasteiger partial charge in [-0.15, -0.1) is 0 Å². The molecule has 1 aromatic rings. The van der Waals surface area contributed by atoms with E-state index in [1.165, 1.54) is 10.6 Å². The number of aliphatic imine (C=N–C) groups is 1. The Morgan fingerprint density at radius 3 is 2.33 bits per heavy atom. The summed E-state index contributed by atoms with van der Waals surface area (Å²) in [5.74, 6) is 0.615. The minimum absolute atomic E-state index is 0.188. The molecule has 3 amide bonds. The Kier molecular flexibility index (Phi) is 5.52. The van der Waals surface area contributed by atoms with Gasteiger partial charge in [-0.1, -0.05) is 18.2 Å². The maximum atomic E-state index is 12.9. The fourth-order valence-electron chi connectivity index (χ4n) is 5.35. The lowest BCUT2D eigenvalue weighted by Gasteiger charge is -2.39. The van der Waals surface area contributed by atoms with Crippen LogP contribution < -0.4 is 4.90 Å². The van der Waals surface area contributed by atoms with E-state index in [4.69, 9.17) is 4.99 Å². The largest absolute Gasteiger partial charge is 0.369 e. The molecule has 2 saturated heterocycles. The van der Waals surface area contributed by atoms with Gasteiger partial charge in [0.25, 0.3) is 5.91 Å². The molecule has 4 heterocycles. The van der Waals surface area contributed by atoms with E-state index in [9.17, 15) is 9.59 Å². The number of hydrogen-bond donors (Lipinski definition) is 0. The number of benzene rings is 1. The van der Waals surface area contributed by atoms with Gasteiger partial charge in [-0.05, 0) is 38.9 Å². The third kappa shape index (κ3) is 3.55. The summed E-state index contributed by atoms with van der Waals surface area (Å²) >= 11 is 0. The molecule has 9 nitrogen and oxygen atoms in total. The van der Waals surface area contributed by atoms with E-state index >= 15 is 0 Å². The average molecular weight is 452 g/mol. The molecule has 5 rings (SSSR count). The molecule has 4 aliphatic rings. The van der Waals surface area contributed by atoms with Gasteiger partial charge >= 0.3 is 6.03 Å². The zero-order chi connectivity index (χ0) is 23.3. The van der Waals surface area contributed by atoms with Gasteiger partial charge in [-0.2, -0.15) is 0 Å². The number of nitrogens with zero attached hydrogens (tertiary/aromatic N) is 7. The summed E-state index contributed by atoms with van der Waals surface area (Å²) in [5.41, 5.74) is 3.48. The number of hydrogen-bond acceptors (Lipinski definition) is 7. The second kappa shape index (κ2) is 8.37. The molecule has 0 bridgehead atoms. The topological polar surface area (TPSA) is 65.9 Å². The van der Waals surface area contributed by atoms with Gasteiger partial charge in [0.1, 0.15) is 0 Å². The van der Waals surface area contributed by atoms with E-state index in [2.05, 4.69) is 52.0 Å². The molecule has 0 radical (unpaired) electrons. The van der Waals surface area contributed by atoms with Crippen molar-refractivity contribution >= 4 is 23.6 Å². The quantitative estimate of drug-likeness (QED) is 0.679. The number of imide groups is 1. The number of urea groups is 1. The fraction of sp³-hybridized carbons (Fsp3) is 0.542. The summed E-state index contributed by atoms with van der Waals surface area (Å²) in [5, 5.41) is 0. The summed E-state index contributed by atoms with van der Waals surface area (Å²) in [6, 6.07) is 9.84. The summed E-state index contributed by atoms with van der Waals surface area (Å²) in [6.07, 6.45) is 0.550. The number of guanidine groups is 1. The van der Waals surface area contributed by atoms with Gasteiger partial charge in [-0.3, -0.25) is 19.5 Å². The minimum atomic E-state index is -0.473. The van der Waals surface area contributed by atoms with Crippen LogP contribution in [0, 0.1) is 0 Å². The number of piperazine rings is 1. The molecule has 9 heteroatoms. The standard InChI is InChI=1S/C24H33N7O2/c1-17-18(2)31-20-21(26(3)24(33)27(4)22(20)32)25-23(31)30(17)12-8-11-28-13-15-29(16-14-28)19-9-6-5-7-10-19/h5-7,9-10,20-21H,8,11-16H2,1-4H3. The van der Waals surface area contributed by atoms with E-state index in [1.807, 2.05) is 11.8 Å². The maximum absolute atomic E-state index is 12.9. The molecule has 1 aromatic carbocycles. The van der Waals surface area contributed by atoms with Crippen molar-refractivity contribution in [2.45, 2.75) is 32.5 Å². The van der Waals surface area contributed by atoms with Crippen molar-refractivity contribution in [3.63, 3.8) is 0 Å². The van der Waals surface area contributed by atoms with Crippen LogP contribution >= 0.6 is 0 Å². The first kappa shape index (κ1) is 21.8. The number of likely N-dealkylation sites (N-methyl/N-ethyl adjacent to an activating group) is 2. The van der Waals surface area contributed by atoms with Gasteiger partial charge in [-0.25, -0.2) is 9.79 Å². The van der Waals surface area contributed by atoms with Crippen LogP contribution in [0.1, 0.15) is 20.3 Å². The first-order valence-electron chi connectivity index (χ1n) is 11.8. The highest BCUT2D eigenvalue weighted by atomic mass is 16.2. The van der Waals surface area contributed by atoms with E-state index in [0.717, 1.165) is 63.0 Å². The molecule has 4 aliphatic heterocycles. The normalized spacial score (nSPS) is 25.8. The molecule has 0 aliphatic carbocycles. The van der Waals surface area contributed by atoms with Crippen LogP contribution in [0.3, 0.4) is 0 Å². The Morgan fingerprint density at radius 1 is 0.939 bits per heavy atom. The Labute approximate surface area is 195 Å². The summed E-state index contributed by atoms with van der Waals surface area (Å²) < 4.78 is 0. The van der Waals surface area contributed by atoms with Crippen LogP contribution in [0.4, 0.5) is 10.5 Å². The molecular formula is C24H33N7O2. The molecule has 33 heavy (non-hydrogen) atoms. The van der Waals surface area contributed by atoms with Crippen molar-refractivity contribution in [1.82, 2.24) is 24.5 Å². The molecule has 0 aromatic heterocycles. The molecule has 0 N–H and O–H groups in total. The molecule has 2 fully saturated rings. The van der Waals surface area contributed by atoms with E-state index in [-0.39, 0.29) is 11.9 Å². The number of fused-ring (bicyclic) bond motifs is 3. The SMILES string of the molecule is CC1=C(C)N2C(=NC3C2C(=O)N(C)C(=O)N3C)N1CCCN1CCN(c2ccccc2)CC1. The minimum Gasteiger partial charge on any atom is -0.369 e. The van der Waals surface area contributed by atoms with Gasteiger partial charge in [0.2, 0.25) is 5.96 Å². The monoisotopic (exact) mass is 451 g/mol. The molecule has 2 unspecified atom stereocenters. The fourth-order valence-corrected chi connectivity index (χ4v) is 5.35. The number of allylic oxidation sites excluding steroid dienone is 2. The van der Waals surface area contributed by atoms with Crippen molar-refractivity contribution in [3.8, 4) is 0 Å². The Hall–Kier alpha value is -3.07. The lowest BCUT2D eigenvalue weighted by atomic mass is 10.1.